The van der Waals surface area contributed by atoms with E-state index in [9.17, 15) is 9.90 Å². The number of likely N-dealkylation sites (tertiary alicyclic amines) is 1. The van der Waals surface area contributed by atoms with E-state index in [0.29, 0.717) is 47.1 Å². The highest BCUT2D eigenvalue weighted by Gasteiger charge is 2.24. The fourth-order valence-corrected chi connectivity index (χ4v) is 5.81. The molecule has 0 saturated carbocycles. The molecule has 3 N–H and O–H groups in total. The Morgan fingerprint density at radius 2 is 1.89 bits per heavy atom. The van der Waals surface area contributed by atoms with E-state index in [4.69, 9.17) is 9.47 Å². The van der Waals surface area contributed by atoms with E-state index in [1.807, 2.05) is 18.2 Å². The smallest absolute Gasteiger partial charge is 0.245 e. The van der Waals surface area contributed by atoms with Crippen LogP contribution >= 0.6 is 0 Å². The lowest BCUT2D eigenvalue weighted by Gasteiger charge is -2.32. The molecule has 11 nitrogen and oxygen atoms in total. The van der Waals surface area contributed by atoms with E-state index in [1.165, 1.54) is 18.5 Å². The fraction of sp³-hybridized carbons (Fsp3) is 0.333. The number of aromatic nitrogens is 3. The number of aliphatic hydroxyl groups is 1. The standard InChI is InChI=1S/C33H36FN7O4/c1-3-32(43)40-12-8-22(9-13-40)38-29-16-25-28(17-30(29)44-2)36-20-37-33(25)39-27-5-4-23(14-26(27)34)45-24-6-10-35-31(15-24)41-11-7-21(18-41)19-42/h3-6,10,14-17,20-22,38,42H,1,7-9,11-13,18-19H2,2H3,(H,36,37,39)/t21-/m0/s1. The number of fused-ring (bicyclic) bond motifs is 1. The highest BCUT2D eigenvalue weighted by atomic mass is 19.1. The number of amides is 1. The zero-order chi connectivity index (χ0) is 31.3. The average Bonchev–Trinajstić information content (AvgIpc) is 3.56. The minimum atomic E-state index is -0.508. The van der Waals surface area contributed by atoms with Crippen LogP contribution < -0.4 is 25.0 Å². The van der Waals surface area contributed by atoms with Crippen molar-refractivity contribution in [2.24, 2.45) is 5.92 Å². The number of rotatable bonds is 10. The monoisotopic (exact) mass is 613 g/mol. The molecule has 0 unspecified atom stereocenters. The number of methoxy groups -OCH3 is 1. The van der Waals surface area contributed by atoms with Crippen LogP contribution in [-0.4, -0.2) is 76.8 Å². The van der Waals surface area contributed by atoms with Crippen LogP contribution in [0.15, 0.2) is 67.6 Å². The van der Waals surface area contributed by atoms with Gasteiger partial charge in [-0.25, -0.2) is 19.3 Å². The van der Waals surface area contributed by atoms with Gasteiger partial charge in [0.25, 0.3) is 0 Å². The molecule has 2 fully saturated rings. The van der Waals surface area contributed by atoms with E-state index >= 15 is 4.39 Å². The van der Waals surface area contributed by atoms with Gasteiger partial charge in [0.15, 0.2) is 0 Å². The second-order valence-corrected chi connectivity index (χ2v) is 11.2. The van der Waals surface area contributed by atoms with E-state index in [2.05, 4.69) is 37.1 Å². The Bertz CT molecular complexity index is 1700. The first-order valence-electron chi connectivity index (χ1n) is 15.0. The number of benzene rings is 2. The molecular formula is C33H36FN7O4. The highest BCUT2D eigenvalue weighted by molar-refractivity contribution is 5.95. The molecule has 2 aromatic carbocycles. The van der Waals surface area contributed by atoms with Gasteiger partial charge in [-0.2, -0.15) is 0 Å². The third kappa shape index (κ3) is 6.75. The van der Waals surface area contributed by atoms with Crippen molar-refractivity contribution in [2.45, 2.75) is 25.3 Å². The molecule has 45 heavy (non-hydrogen) atoms. The zero-order valence-corrected chi connectivity index (χ0v) is 25.1. The molecule has 2 aliphatic heterocycles. The topological polar surface area (TPSA) is 125 Å². The molecule has 0 radical (unpaired) electrons. The number of pyridine rings is 1. The Balaban J connectivity index is 1.17. The molecule has 2 saturated heterocycles. The Morgan fingerprint density at radius 3 is 2.62 bits per heavy atom. The van der Waals surface area contributed by atoms with Crippen LogP contribution in [0.4, 0.5) is 27.4 Å². The van der Waals surface area contributed by atoms with Crippen molar-refractivity contribution >= 4 is 39.8 Å². The van der Waals surface area contributed by atoms with Crippen molar-refractivity contribution in [3.63, 3.8) is 0 Å². The molecule has 1 amide bonds. The summed E-state index contributed by atoms with van der Waals surface area (Å²) in [6.07, 6.45) is 6.89. The maximum absolute atomic E-state index is 15.4. The molecule has 2 aliphatic rings. The van der Waals surface area contributed by atoms with Crippen LogP contribution in [0.25, 0.3) is 10.9 Å². The first kappa shape index (κ1) is 30.1. The fourth-order valence-electron chi connectivity index (χ4n) is 5.81. The van der Waals surface area contributed by atoms with Crippen LogP contribution in [0.5, 0.6) is 17.2 Å². The number of hydrogen-bond acceptors (Lipinski definition) is 10. The van der Waals surface area contributed by atoms with E-state index in [-0.39, 0.29) is 30.2 Å². The Labute approximate surface area is 260 Å². The number of carbonyl (C=O) groups is 1. The van der Waals surface area contributed by atoms with Gasteiger partial charge >= 0.3 is 0 Å². The van der Waals surface area contributed by atoms with Crippen LogP contribution in [0.2, 0.25) is 0 Å². The lowest BCUT2D eigenvalue weighted by molar-refractivity contribution is -0.126. The van der Waals surface area contributed by atoms with Crippen molar-refractivity contribution in [3.8, 4) is 17.2 Å². The van der Waals surface area contributed by atoms with Crippen molar-refractivity contribution in [2.75, 3.05) is 55.4 Å². The molecule has 4 aromatic rings. The van der Waals surface area contributed by atoms with Gasteiger partial charge in [0.2, 0.25) is 5.91 Å². The summed E-state index contributed by atoms with van der Waals surface area (Å²) in [6, 6.07) is 12.0. The molecule has 0 bridgehead atoms. The maximum Gasteiger partial charge on any atom is 0.245 e. The first-order chi connectivity index (χ1) is 21.9. The number of aliphatic hydroxyl groups excluding tert-OH is 1. The van der Waals surface area contributed by atoms with Gasteiger partial charge < -0.3 is 35.0 Å². The first-order valence-corrected chi connectivity index (χ1v) is 15.0. The number of nitrogens with zero attached hydrogens (tertiary/aromatic N) is 5. The SMILES string of the molecule is C=CC(=O)N1CCC(Nc2cc3c(Nc4ccc(Oc5ccnc(N6CC[C@H](CO)C6)c5)cc4F)ncnc3cc2OC)CC1. The molecule has 12 heteroatoms. The van der Waals surface area contributed by atoms with E-state index in [0.717, 1.165) is 43.9 Å². The van der Waals surface area contributed by atoms with Gasteiger partial charge in [0.1, 0.15) is 41.0 Å². The summed E-state index contributed by atoms with van der Waals surface area (Å²) in [5.41, 5.74) is 1.63. The van der Waals surface area contributed by atoms with Crippen molar-refractivity contribution in [3.05, 3.63) is 73.5 Å². The molecule has 1 atom stereocenters. The number of nitrogens with one attached hydrogen (secondary N) is 2. The molecular weight excluding hydrogens is 577 g/mol. The average molecular weight is 614 g/mol. The quantitative estimate of drug-likeness (QED) is 0.208. The largest absolute Gasteiger partial charge is 0.495 e. The third-order valence-electron chi connectivity index (χ3n) is 8.31. The second-order valence-electron chi connectivity index (χ2n) is 11.2. The molecule has 0 spiro atoms. The summed E-state index contributed by atoms with van der Waals surface area (Å²) >= 11 is 0. The van der Waals surface area contributed by atoms with Gasteiger partial charge in [-0.3, -0.25) is 4.79 Å². The Hall–Kier alpha value is -4.97. The van der Waals surface area contributed by atoms with Gasteiger partial charge in [-0.1, -0.05) is 6.58 Å². The summed E-state index contributed by atoms with van der Waals surface area (Å²) < 4.78 is 27.0. The van der Waals surface area contributed by atoms with Crippen molar-refractivity contribution in [1.82, 2.24) is 19.9 Å². The number of anilines is 4. The lowest BCUT2D eigenvalue weighted by Crippen LogP contribution is -2.41. The van der Waals surface area contributed by atoms with Crippen LogP contribution in [0.3, 0.4) is 0 Å². The Morgan fingerprint density at radius 1 is 1.07 bits per heavy atom. The highest BCUT2D eigenvalue weighted by Crippen LogP contribution is 2.35. The van der Waals surface area contributed by atoms with Crippen LogP contribution in [0, 0.1) is 11.7 Å². The number of halogens is 1. The second kappa shape index (κ2) is 13.3. The van der Waals surface area contributed by atoms with Gasteiger partial charge in [0.05, 0.1) is 24.0 Å². The predicted molar refractivity (Wildman–Crippen MR) is 171 cm³/mol. The normalized spacial score (nSPS) is 16.9. The van der Waals surface area contributed by atoms with Crippen molar-refractivity contribution < 1.29 is 23.8 Å². The van der Waals surface area contributed by atoms with E-state index < -0.39 is 5.82 Å². The molecule has 0 aliphatic carbocycles. The molecule has 234 valence electrons. The summed E-state index contributed by atoms with van der Waals surface area (Å²) in [4.78, 5) is 29.1. The van der Waals surface area contributed by atoms with Gasteiger partial charge in [-0.05, 0) is 49.6 Å². The number of piperidine rings is 1. The molecule has 2 aromatic heterocycles. The van der Waals surface area contributed by atoms with E-state index in [1.54, 1.807) is 36.4 Å². The third-order valence-corrected chi connectivity index (χ3v) is 8.31. The lowest BCUT2D eigenvalue weighted by atomic mass is 10.0. The minimum Gasteiger partial charge on any atom is -0.495 e. The minimum absolute atomic E-state index is 0.0574. The van der Waals surface area contributed by atoms with Crippen LogP contribution in [-0.2, 0) is 4.79 Å². The number of carbonyl (C=O) groups excluding carboxylic acids is 1. The number of ether oxygens (including phenoxy) is 2. The van der Waals surface area contributed by atoms with Gasteiger partial charge in [0, 0.05) is 74.5 Å². The summed E-state index contributed by atoms with van der Waals surface area (Å²) in [7, 11) is 1.60. The summed E-state index contributed by atoms with van der Waals surface area (Å²) in [5.74, 6) is 2.38. The Kier molecular flexibility index (Phi) is 8.92. The van der Waals surface area contributed by atoms with Crippen LogP contribution in [0.1, 0.15) is 19.3 Å². The molecule has 6 rings (SSSR count). The van der Waals surface area contributed by atoms with Gasteiger partial charge in [-0.15, -0.1) is 0 Å². The number of hydrogen-bond donors (Lipinski definition) is 3. The zero-order valence-electron chi connectivity index (χ0n) is 25.1. The molecule has 4 heterocycles. The summed E-state index contributed by atoms with van der Waals surface area (Å²) in [6.45, 7) is 6.56. The maximum atomic E-state index is 15.4. The summed E-state index contributed by atoms with van der Waals surface area (Å²) in [5, 5.41) is 16.8. The van der Waals surface area contributed by atoms with Crippen molar-refractivity contribution in [1.29, 1.82) is 0 Å². The predicted octanol–water partition coefficient (Wildman–Crippen LogP) is 5.12.